The summed E-state index contributed by atoms with van der Waals surface area (Å²) < 4.78 is 14.2. The Labute approximate surface area is 115 Å². The lowest BCUT2D eigenvalue weighted by Gasteiger charge is -2.09. The second kappa shape index (κ2) is 7.48. The van der Waals surface area contributed by atoms with Gasteiger partial charge in [-0.05, 0) is 26.0 Å². The van der Waals surface area contributed by atoms with Crippen LogP contribution >= 0.6 is 15.9 Å². The number of carbonyl (C=O) groups is 1. The Morgan fingerprint density at radius 3 is 2.78 bits per heavy atom. The molecule has 1 aromatic rings. The quantitative estimate of drug-likeness (QED) is 0.792. The minimum atomic E-state index is -0.247. The molecule has 0 spiro atoms. The first-order chi connectivity index (χ1) is 8.49. The molecule has 3 nitrogen and oxygen atoms in total. The molecule has 0 aliphatic rings. The van der Waals surface area contributed by atoms with E-state index in [9.17, 15) is 9.18 Å². The van der Waals surface area contributed by atoms with E-state index in [1.54, 1.807) is 12.1 Å². The molecule has 100 valence electrons. The van der Waals surface area contributed by atoms with Crippen molar-refractivity contribution in [3.05, 3.63) is 34.1 Å². The Hall–Kier alpha value is -0.940. The normalized spacial score (nSPS) is 10.7. The van der Waals surface area contributed by atoms with E-state index in [1.807, 2.05) is 13.8 Å². The summed E-state index contributed by atoms with van der Waals surface area (Å²) in [5.74, 6) is -0.239. The van der Waals surface area contributed by atoms with Crippen molar-refractivity contribution in [1.82, 2.24) is 10.6 Å². The van der Waals surface area contributed by atoms with Gasteiger partial charge in [0.2, 0.25) is 5.91 Å². The van der Waals surface area contributed by atoms with Gasteiger partial charge in [-0.1, -0.05) is 22.0 Å². The van der Waals surface area contributed by atoms with E-state index in [4.69, 9.17) is 0 Å². The number of benzene rings is 1. The van der Waals surface area contributed by atoms with Crippen LogP contribution in [-0.4, -0.2) is 18.5 Å². The molecule has 1 rings (SSSR count). The average Bonchev–Trinajstić information content (AvgIpc) is 2.25. The molecule has 1 aromatic carbocycles. The first-order valence-electron chi connectivity index (χ1n) is 5.93. The molecule has 0 radical (unpaired) electrons. The fraction of sp³-hybridized carbons (Fsp3) is 0.462. The lowest BCUT2D eigenvalue weighted by Crippen LogP contribution is -2.32. The average molecular weight is 317 g/mol. The highest BCUT2D eigenvalue weighted by Crippen LogP contribution is 2.14. The SMILES string of the molecule is CC(C)NC(=O)CCNCc1ccc(Br)cc1F. The van der Waals surface area contributed by atoms with E-state index in [-0.39, 0.29) is 17.8 Å². The van der Waals surface area contributed by atoms with Crippen molar-refractivity contribution < 1.29 is 9.18 Å². The number of hydrogen-bond donors (Lipinski definition) is 2. The molecule has 18 heavy (non-hydrogen) atoms. The molecule has 0 fully saturated rings. The summed E-state index contributed by atoms with van der Waals surface area (Å²) in [7, 11) is 0. The maximum atomic E-state index is 13.5. The smallest absolute Gasteiger partial charge is 0.221 e. The summed E-state index contributed by atoms with van der Waals surface area (Å²) in [6.07, 6.45) is 0.399. The Morgan fingerprint density at radius 1 is 1.44 bits per heavy atom. The first kappa shape index (κ1) is 15.1. The standard InChI is InChI=1S/C13H18BrFN2O/c1-9(2)17-13(18)5-6-16-8-10-3-4-11(14)7-12(10)15/h3-4,7,9,16H,5-6,8H2,1-2H3,(H,17,18). The molecule has 0 bridgehead atoms. The number of carbonyl (C=O) groups excluding carboxylic acids is 1. The van der Waals surface area contributed by atoms with Crippen LogP contribution in [-0.2, 0) is 11.3 Å². The molecular weight excluding hydrogens is 299 g/mol. The maximum Gasteiger partial charge on any atom is 0.221 e. The Balaban J connectivity index is 2.27. The number of hydrogen-bond acceptors (Lipinski definition) is 2. The third-order valence-corrected chi connectivity index (χ3v) is 2.80. The van der Waals surface area contributed by atoms with Gasteiger partial charge in [-0.3, -0.25) is 4.79 Å². The highest BCUT2D eigenvalue weighted by atomic mass is 79.9. The van der Waals surface area contributed by atoms with E-state index in [2.05, 4.69) is 26.6 Å². The van der Waals surface area contributed by atoms with Gasteiger partial charge in [-0.2, -0.15) is 0 Å². The third kappa shape index (κ3) is 5.60. The largest absolute Gasteiger partial charge is 0.354 e. The van der Waals surface area contributed by atoms with Crippen molar-refractivity contribution in [3.63, 3.8) is 0 Å². The van der Waals surface area contributed by atoms with Gasteiger partial charge in [0.25, 0.3) is 0 Å². The summed E-state index contributed by atoms with van der Waals surface area (Å²) in [4.78, 5) is 11.3. The molecule has 2 N–H and O–H groups in total. The van der Waals surface area contributed by atoms with Gasteiger partial charge in [0.15, 0.2) is 0 Å². The molecule has 0 saturated carbocycles. The van der Waals surface area contributed by atoms with Crippen LogP contribution in [0.15, 0.2) is 22.7 Å². The van der Waals surface area contributed by atoms with Gasteiger partial charge < -0.3 is 10.6 Å². The summed E-state index contributed by atoms with van der Waals surface area (Å²) in [6.45, 7) is 4.80. The molecule has 0 saturated heterocycles. The van der Waals surface area contributed by atoms with Crippen LogP contribution in [0.5, 0.6) is 0 Å². The van der Waals surface area contributed by atoms with Gasteiger partial charge >= 0.3 is 0 Å². The molecule has 0 atom stereocenters. The van der Waals surface area contributed by atoms with Gasteiger partial charge in [-0.15, -0.1) is 0 Å². The minimum Gasteiger partial charge on any atom is -0.354 e. The summed E-state index contributed by atoms with van der Waals surface area (Å²) in [5.41, 5.74) is 0.600. The fourth-order valence-electron chi connectivity index (χ4n) is 1.48. The Kier molecular flexibility index (Phi) is 6.29. The number of nitrogens with one attached hydrogen (secondary N) is 2. The third-order valence-electron chi connectivity index (χ3n) is 2.31. The zero-order valence-electron chi connectivity index (χ0n) is 10.6. The molecule has 0 aliphatic carbocycles. The Morgan fingerprint density at radius 2 is 2.17 bits per heavy atom. The molecule has 0 heterocycles. The van der Waals surface area contributed by atoms with Crippen LogP contribution in [0.4, 0.5) is 4.39 Å². The molecule has 0 unspecified atom stereocenters. The van der Waals surface area contributed by atoms with Crippen molar-refractivity contribution in [2.75, 3.05) is 6.54 Å². The first-order valence-corrected chi connectivity index (χ1v) is 6.72. The molecule has 1 amide bonds. The van der Waals surface area contributed by atoms with Crippen LogP contribution < -0.4 is 10.6 Å². The van der Waals surface area contributed by atoms with E-state index in [1.165, 1.54) is 6.07 Å². The number of halogens is 2. The predicted octanol–water partition coefficient (Wildman–Crippen LogP) is 2.59. The molecular formula is C13H18BrFN2O. The summed E-state index contributed by atoms with van der Waals surface area (Å²) >= 11 is 3.21. The van der Waals surface area contributed by atoms with Gasteiger partial charge in [0.1, 0.15) is 5.82 Å². The molecule has 0 aliphatic heterocycles. The minimum absolute atomic E-state index is 0.00813. The molecule has 0 aromatic heterocycles. The zero-order valence-corrected chi connectivity index (χ0v) is 12.2. The van der Waals surface area contributed by atoms with Crippen LogP contribution in [0.3, 0.4) is 0 Å². The number of rotatable bonds is 6. The van der Waals surface area contributed by atoms with E-state index >= 15 is 0 Å². The van der Waals surface area contributed by atoms with Gasteiger partial charge in [0, 0.05) is 35.6 Å². The highest BCUT2D eigenvalue weighted by Gasteiger charge is 2.04. The van der Waals surface area contributed by atoms with Gasteiger partial charge in [-0.25, -0.2) is 4.39 Å². The maximum absolute atomic E-state index is 13.5. The van der Waals surface area contributed by atoms with Crippen molar-refractivity contribution in [2.24, 2.45) is 0 Å². The van der Waals surface area contributed by atoms with Crippen LogP contribution in [0, 0.1) is 5.82 Å². The lowest BCUT2D eigenvalue weighted by molar-refractivity contribution is -0.121. The predicted molar refractivity (Wildman–Crippen MR) is 73.7 cm³/mol. The highest BCUT2D eigenvalue weighted by molar-refractivity contribution is 9.10. The lowest BCUT2D eigenvalue weighted by atomic mass is 10.2. The summed E-state index contributed by atoms with van der Waals surface area (Å²) in [6, 6.07) is 5.11. The fourth-order valence-corrected chi connectivity index (χ4v) is 1.82. The topological polar surface area (TPSA) is 41.1 Å². The van der Waals surface area contributed by atoms with Crippen molar-refractivity contribution in [1.29, 1.82) is 0 Å². The van der Waals surface area contributed by atoms with Crippen LogP contribution in [0.25, 0.3) is 0 Å². The van der Waals surface area contributed by atoms with Crippen molar-refractivity contribution in [2.45, 2.75) is 32.9 Å². The van der Waals surface area contributed by atoms with Crippen LogP contribution in [0.2, 0.25) is 0 Å². The second-order valence-electron chi connectivity index (χ2n) is 4.38. The summed E-state index contributed by atoms with van der Waals surface area (Å²) in [5, 5.41) is 5.85. The molecule has 5 heteroatoms. The van der Waals surface area contributed by atoms with E-state index in [0.29, 0.717) is 25.1 Å². The monoisotopic (exact) mass is 316 g/mol. The van der Waals surface area contributed by atoms with Gasteiger partial charge in [0.05, 0.1) is 0 Å². The van der Waals surface area contributed by atoms with E-state index in [0.717, 1.165) is 4.47 Å². The second-order valence-corrected chi connectivity index (χ2v) is 5.30. The number of amides is 1. The van der Waals surface area contributed by atoms with Crippen LogP contribution in [0.1, 0.15) is 25.8 Å². The Bertz CT molecular complexity index is 410. The van der Waals surface area contributed by atoms with Crippen molar-refractivity contribution >= 4 is 21.8 Å². The van der Waals surface area contributed by atoms with Crippen molar-refractivity contribution in [3.8, 4) is 0 Å². The zero-order chi connectivity index (χ0) is 13.5. The van der Waals surface area contributed by atoms with E-state index < -0.39 is 0 Å².